The van der Waals surface area contributed by atoms with E-state index in [0.29, 0.717) is 6.42 Å². The Labute approximate surface area is 191 Å². The van der Waals surface area contributed by atoms with Crippen molar-refractivity contribution >= 4 is 22.7 Å². The highest BCUT2D eigenvalue weighted by atomic mass is 32.2. The first-order valence-corrected chi connectivity index (χ1v) is 11.7. The predicted molar refractivity (Wildman–Crippen MR) is 131 cm³/mol. The number of aromatic amines is 1. The van der Waals surface area contributed by atoms with Gasteiger partial charge in [-0.05, 0) is 34.7 Å². The summed E-state index contributed by atoms with van der Waals surface area (Å²) in [6.45, 7) is 0. The van der Waals surface area contributed by atoms with Crippen LogP contribution < -0.4 is 5.73 Å². The molecular formula is C26H25N5S. The molecular weight excluding hydrogens is 414 g/mol. The summed E-state index contributed by atoms with van der Waals surface area (Å²) in [4.78, 5) is 3.32. The Morgan fingerprint density at radius 3 is 2.53 bits per heavy atom. The summed E-state index contributed by atoms with van der Waals surface area (Å²) >= 11 is 1.69. The lowest BCUT2D eigenvalue weighted by Gasteiger charge is -2.12. The van der Waals surface area contributed by atoms with Gasteiger partial charge < -0.3 is 15.3 Å². The van der Waals surface area contributed by atoms with E-state index in [4.69, 9.17) is 5.73 Å². The van der Waals surface area contributed by atoms with E-state index in [1.54, 1.807) is 11.8 Å². The minimum atomic E-state index is -0.224. The Balaban J connectivity index is 1.32. The van der Waals surface area contributed by atoms with Crippen molar-refractivity contribution in [2.24, 2.45) is 12.8 Å². The van der Waals surface area contributed by atoms with E-state index in [0.717, 1.165) is 22.3 Å². The standard InChI is InChI=1S/C26H25N5S/c1-31-25(23(27)15-20-16-28-24-14-8-7-13-22(20)24)29-30-26(31)32-17-19-11-5-6-12-21(19)18-9-3-2-4-10-18/h2-14,16,23,28H,15,17,27H2,1H3. The summed E-state index contributed by atoms with van der Waals surface area (Å²) < 4.78 is 2.02. The zero-order chi connectivity index (χ0) is 21.9. The molecule has 5 rings (SSSR count). The summed E-state index contributed by atoms with van der Waals surface area (Å²) in [6.07, 6.45) is 2.74. The van der Waals surface area contributed by atoms with Gasteiger partial charge in [-0.15, -0.1) is 10.2 Å². The molecule has 0 saturated heterocycles. The van der Waals surface area contributed by atoms with Crippen LogP contribution in [0.2, 0.25) is 0 Å². The zero-order valence-electron chi connectivity index (χ0n) is 17.9. The number of nitrogens with two attached hydrogens (primary N) is 1. The second-order valence-electron chi connectivity index (χ2n) is 7.88. The van der Waals surface area contributed by atoms with Crippen molar-refractivity contribution in [3.05, 3.63) is 102 Å². The van der Waals surface area contributed by atoms with Gasteiger partial charge in [-0.25, -0.2) is 0 Å². The average molecular weight is 440 g/mol. The van der Waals surface area contributed by atoms with Gasteiger partial charge in [0.1, 0.15) is 0 Å². The van der Waals surface area contributed by atoms with Crippen molar-refractivity contribution in [1.29, 1.82) is 0 Å². The Bertz CT molecular complexity index is 1340. The van der Waals surface area contributed by atoms with Crippen molar-refractivity contribution in [1.82, 2.24) is 19.7 Å². The maximum absolute atomic E-state index is 6.55. The summed E-state index contributed by atoms with van der Waals surface area (Å²) in [5.41, 5.74) is 12.6. The van der Waals surface area contributed by atoms with Crippen molar-refractivity contribution in [3.8, 4) is 11.1 Å². The van der Waals surface area contributed by atoms with Gasteiger partial charge in [-0.1, -0.05) is 84.6 Å². The molecule has 6 heteroatoms. The Morgan fingerprint density at radius 2 is 1.66 bits per heavy atom. The van der Waals surface area contributed by atoms with Gasteiger partial charge in [0.25, 0.3) is 0 Å². The Hall–Kier alpha value is -3.35. The average Bonchev–Trinajstić information content (AvgIpc) is 3.42. The number of aromatic nitrogens is 4. The number of hydrogen-bond donors (Lipinski definition) is 2. The molecule has 0 bridgehead atoms. The molecule has 0 fully saturated rings. The summed E-state index contributed by atoms with van der Waals surface area (Å²) in [5.74, 6) is 1.61. The number of rotatable bonds is 7. The first-order chi connectivity index (χ1) is 15.7. The SMILES string of the molecule is Cn1c(SCc2ccccc2-c2ccccc2)nnc1C(N)Cc1c[nH]c2ccccc12. The number of nitrogens with one attached hydrogen (secondary N) is 1. The first kappa shape index (κ1) is 20.5. The second kappa shape index (κ2) is 9.02. The smallest absolute Gasteiger partial charge is 0.191 e. The summed E-state index contributed by atoms with van der Waals surface area (Å²) in [5, 5.41) is 10.9. The van der Waals surface area contributed by atoms with E-state index in [2.05, 4.69) is 81.9 Å². The topological polar surface area (TPSA) is 72.5 Å². The maximum atomic E-state index is 6.55. The van der Waals surface area contributed by atoms with Gasteiger partial charge in [0.05, 0.1) is 6.04 Å². The molecule has 0 spiro atoms. The molecule has 0 radical (unpaired) electrons. The number of H-pyrrole nitrogens is 1. The normalized spacial score (nSPS) is 12.3. The fourth-order valence-electron chi connectivity index (χ4n) is 4.09. The second-order valence-corrected chi connectivity index (χ2v) is 8.82. The number of nitrogens with zero attached hydrogens (tertiary/aromatic N) is 3. The van der Waals surface area contributed by atoms with Gasteiger partial charge in [0, 0.05) is 29.9 Å². The maximum Gasteiger partial charge on any atom is 0.191 e. The third-order valence-corrected chi connectivity index (χ3v) is 6.84. The van der Waals surface area contributed by atoms with Crippen LogP contribution in [0.1, 0.15) is 23.0 Å². The molecule has 5 nitrogen and oxygen atoms in total. The minimum Gasteiger partial charge on any atom is -0.361 e. The molecule has 160 valence electrons. The number of thioether (sulfide) groups is 1. The lowest BCUT2D eigenvalue weighted by atomic mass is 10.0. The Kier molecular flexibility index (Phi) is 5.79. The van der Waals surface area contributed by atoms with Gasteiger partial charge in [-0.3, -0.25) is 0 Å². The molecule has 32 heavy (non-hydrogen) atoms. The van der Waals surface area contributed by atoms with Crippen molar-refractivity contribution in [2.75, 3.05) is 0 Å². The van der Waals surface area contributed by atoms with Gasteiger partial charge in [0.2, 0.25) is 0 Å². The van der Waals surface area contributed by atoms with Crippen LogP contribution in [0.3, 0.4) is 0 Å². The van der Waals surface area contributed by atoms with Crippen molar-refractivity contribution < 1.29 is 0 Å². The van der Waals surface area contributed by atoms with Gasteiger partial charge in [0.15, 0.2) is 11.0 Å². The molecule has 1 unspecified atom stereocenters. The Morgan fingerprint density at radius 1 is 0.906 bits per heavy atom. The summed E-state index contributed by atoms with van der Waals surface area (Å²) in [7, 11) is 2.00. The van der Waals surface area contributed by atoms with E-state index in [-0.39, 0.29) is 6.04 Å². The quantitative estimate of drug-likeness (QED) is 0.329. The van der Waals surface area contributed by atoms with E-state index < -0.39 is 0 Å². The van der Waals surface area contributed by atoms with Crippen LogP contribution in [0, 0.1) is 0 Å². The van der Waals surface area contributed by atoms with Crippen LogP contribution in [-0.2, 0) is 19.2 Å². The van der Waals surface area contributed by atoms with Crippen LogP contribution in [0.5, 0.6) is 0 Å². The van der Waals surface area contributed by atoms with E-state index >= 15 is 0 Å². The predicted octanol–water partition coefficient (Wildman–Crippen LogP) is 5.50. The molecule has 0 aliphatic heterocycles. The summed E-state index contributed by atoms with van der Waals surface area (Å²) in [6, 6.07) is 27.1. The third kappa shape index (κ3) is 4.07. The minimum absolute atomic E-state index is 0.224. The van der Waals surface area contributed by atoms with E-state index in [1.807, 2.05) is 29.9 Å². The fourth-order valence-corrected chi connectivity index (χ4v) is 5.01. The zero-order valence-corrected chi connectivity index (χ0v) is 18.7. The van der Waals surface area contributed by atoms with Gasteiger partial charge >= 0.3 is 0 Å². The van der Waals surface area contributed by atoms with Crippen molar-refractivity contribution in [2.45, 2.75) is 23.4 Å². The lowest BCUT2D eigenvalue weighted by Crippen LogP contribution is -2.18. The first-order valence-electron chi connectivity index (χ1n) is 10.7. The highest BCUT2D eigenvalue weighted by Gasteiger charge is 2.18. The van der Waals surface area contributed by atoms with Gasteiger partial charge in [-0.2, -0.15) is 0 Å². The van der Waals surface area contributed by atoms with Crippen LogP contribution in [-0.4, -0.2) is 19.7 Å². The molecule has 0 aliphatic carbocycles. The molecule has 0 saturated carbocycles. The number of hydrogen-bond acceptors (Lipinski definition) is 4. The fraction of sp³-hybridized carbons (Fsp3) is 0.154. The van der Waals surface area contributed by atoms with Crippen LogP contribution in [0.15, 0.2) is 90.2 Å². The molecule has 2 aromatic heterocycles. The molecule has 5 aromatic rings. The number of fused-ring (bicyclic) bond motifs is 1. The molecule has 1 atom stereocenters. The monoisotopic (exact) mass is 439 g/mol. The van der Waals surface area contributed by atoms with Crippen LogP contribution in [0.4, 0.5) is 0 Å². The largest absolute Gasteiger partial charge is 0.361 e. The third-order valence-electron chi connectivity index (χ3n) is 5.77. The molecule has 2 heterocycles. The molecule has 0 amide bonds. The van der Waals surface area contributed by atoms with E-state index in [1.165, 1.54) is 27.6 Å². The number of benzene rings is 3. The lowest BCUT2D eigenvalue weighted by molar-refractivity contribution is 0.617. The molecule has 3 N–H and O–H groups in total. The van der Waals surface area contributed by atoms with E-state index in [9.17, 15) is 0 Å². The number of para-hydroxylation sites is 1. The van der Waals surface area contributed by atoms with Crippen molar-refractivity contribution in [3.63, 3.8) is 0 Å². The molecule has 3 aromatic carbocycles. The molecule has 0 aliphatic rings. The van der Waals surface area contributed by atoms with Crippen LogP contribution in [0.25, 0.3) is 22.0 Å². The highest BCUT2D eigenvalue weighted by molar-refractivity contribution is 7.98. The highest BCUT2D eigenvalue weighted by Crippen LogP contribution is 2.30. The van der Waals surface area contributed by atoms with Crippen LogP contribution >= 0.6 is 11.8 Å².